The highest BCUT2D eigenvalue weighted by Crippen LogP contribution is 2.32. The van der Waals surface area contributed by atoms with E-state index in [2.05, 4.69) is 20.5 Å². The van der Waals surface area contributed by atoms with Gasteiger partial charge >= 0.3 is 6.18 Å². The van der Waals surface area contributed by atoms with Crippen LogP contribution in [-0.2, 0) is 6.42 Å². The van der Waals surface area contributed by atoms with Gasteiger partial charge in [0.2, 0.25) is 5.88 Å². The van der Waals surface area contributed by atoms with Gasteiger partial charge in [-0.25, -0.2) is 4.98 Å². The Balaban J connectivity index is 1.92. The number of rotatable bonds is 6. The molecule has 29 heavy (non-hydrogen) atoms. The quantitative estimate of drug-likeness (QED) is 0.666. The van der Waals surface area contributed by atoms with Crippen LogP contribution < -0.4 is 10.1 Å². The van der Waals surface area contributed by atoms with E-state index in [1.807, 2.05) is 19.1 Å². The van der Waals surface area contributed by atoms with E-state index in [9.17, 15) is 18.0 Å². The van der Waals surface area contributed by atoms with E-state index in [0.717, 1.165) is 12.0 Å². The molecule has 3 rings (SSSR count). The molecule has 1 N–H and O–H groups in total. The number of carbonyl (C=O) groups is 1. The highest BCUT2D eigenvalue weighted by atomic mass is 19.4. The van der Waals surface area contributed by atoms with Crippen LogP contribution in [0.1, 0.15) is 23.0 Å². The number of halogens is 3. The van der Waals surface area contributed by atoms with Crippen molar-refractivity contribution < 1.29 is 22.7 Å². The van der Waals surface area contributed by atoms with Crippen molar-refractivity contribution in [2.45, 2.75) is 19.5 Å². The summed E-state index contributed by atoms with van der Waals surface area (Å²) in [7, 11) is 0. The molecule has 0 atom stereocenters. The largest absolute Gasteiger partial charge is 0.468 e. The second-order valence-corrected chi connectivity index (χ2v) is 6.09. The van der Waals surface area contributed by atoms with Gasteiger partial charge in [0.25, 0.3) is 5.91 Å². The molecule has 6 nitrogen and oxygen atoms in total. The highest BCUT2D eigenvalue weighted by molar-refractivity contribution is 6.03. The van der Waals surface area contributed by atoms with Crippen LogP contribution in [0.15, 0.2) is 54.9 Å². The summed E-state index contributed by atoms with van der Waals surface area (Å²) < 4.78 is 42.7. The first-order chi connectivity index (χ1) is 13.9. The number of nitrogens with zero attached hydrogens (tertiary/aromatic N) is 3. The Bertz CT molecular complexity index is 977. The molecule has 0 aliphatic rings. The molecular weight excluding hydrogens is 385 g/mol. The van der Waals surface area contributed by atoms with E-state index < -0.39 is 18.7 Å². The number of aryl methyl sites for hydroxylation is 1. The van der Waals surface area contributed by atoms with Gasteiger partial charge in [-0.1, -0.05) is 31.2 Å². The van der Waals surface area contributed by atoms with Crippen LogP contribution in [0.2, 0.25) is 0 Å². The fraction of sp³-hybridized carbons (Fsp3) is 0.200. The Morgan fingerprint density at radius 1 is 1.17 bits per heavy atom. The topological polar surface area (TPSA) is 77.0 Å². The predicted molar refractivity (Wildman–Crippen MR) is 101 cm³/mol. The lowest BCUT2D eigenvalue weighted by molar-refractivity contribution is -0.154. The molecule has 0 fully saturated rings. The molecule has 1 aromatic carbocycles. The maximum absolute atomic E-state index is 12.6. The zero-order valence-electron chi connectivity index (χ0n) is 15.4. The molecule has 0 aliphatic carbocycles. The van der Waals surface area contributed by atoms with Crippen LogP contribution in [0.3, 0.4) is 0 Å². The first-order valence-electron chi connectivity index (χ1n) is 8.73. The number of ether oxygens (including phenoxy) is 1. The molecule has 0 saturated carbocycles. The molecule has 3 aromatic rings. The average molecular weight is 402 g/mol. The number of benzene rings is 1. The Hall–Kier alpha value is -3.49. The van der Waals surface area contributed by atoms with E-state index in [1.54, 1.807) is 18.2 Å². The van der Waals surface area contributed by atoms with Gasteiger partial charge in [-0.3, -0.25) is 4.79 Å². The molecule has 0 spiro atoms. The van der Waals surface area contributed by atoms with Gasteiger partial charge in [0, 0.05) is 11.8 Å². The van der Waals surface area contributed by atoms with Gasteiger partial charge in [0.1, 0.15) is 0 Å². The van der Waals surface area contributed by atoms with E-state index >= 15 is 0 Å². The second kappa shape index (κ2) is 8.68. The average Bonchev–Trinajstić information content (AvgIpc) is 2.73. The smallest absolute Gasteiger partial charge is 0.422 e. The maximum Gasteiger partial charge on any atom is 0.422 e. The van der Waals surface area contributed by atoms with Gasteiger partial charge < -0.3 is 10.1 Å². The van der Waals surface area contributed by atoms with Crippen molar-refractivity contribution in [3.63, 3.8) is 0 Å². The maximum atomic E-state index is 12.6. The summed E-state index contributed by atoms with van der Waals surface area (Å²) in [5, 5.41) is 9.96. The number of alkyl halides is 3. The van der Waals surface area contributed by atoms with Crippen molar-refractivity contribution in [3.05, 3.63) is 66.1 Å². The van der Waals surface area contributed by atoms with Crippen molar-refractivity contribution in [2.24, 2.45) is 0 Å². The molecule has 150 valence electrons. The minimum absolute atomic E-state index is 0.0961. The van der Waals surface area contributed by atoms with Crippen molar-refractivity contribution in [1.82, 2.24) is 15.2 Å². The first-order valence-corrected chi connectivity index (χ1v) is 8.73. The lowest BCUT2D eigenvalue weighted by Crippen LogP contribution is -2.20. The van der Waals surface area contributed by atoms with E-state index in [-0.39, 0.29) is 17.3 Å². The molecule has 1 amide bonds. The zero-order chi connectivity index (χ0) is 20.9. The van der Waals surface area contributed by atoms with Crippen molar-refractivity contribution in [3.8, 4) is 17.0 Å². The fourth-order valence-electron chi connectivity index (χ4n) is 2.53. The number of hydrogen-bond donors (Lipinski definition) is 1. The Morgan fingerprint density at radius 3 is 2.55 bits per heavy atom. The molecule has 0 aliphatic heterocycles. The molecular formula is C20H17F3N4O2. The van der Waals surface area contributed by atoms with E-state index in [1.165, 1.54) is 24.5 Å². The van der Waals surface area contributed by atoms with Crippen molar-refractivity contribution in [2.75, 3.05) is 11.9 Å². The second-order valence-electron chi connectivity index (χ2n) is 6.09. The summed E-state index contributed by atoms with van der Waals surface area (Å²) in [6, 6.07) is 11.8. The predicted octanol–water partition coefficient (Wildman–Crippen LogP) is 4.29. The Labute approximate surface area is 164 Å². The molecule has 2 heterocycles. The monoisotopic (exact) mass is 402 g/mol. The Morgan fingerprint density at radius 2 is 1.93 bits per heavy atom. The summed E-state index contributed by atoms with van der Waals surface area (Å²) in [5.41, 5.74) is 2.40. The number of hydrogen-bond acceptors (Lipinski definition) is 5. The summed E-state index contributed by atoms with van der Waals surface area (Å²) >= 11 is 0. The zero-order valence-corrected chi connectivity index (χ0v) is 15.4. The van der Waals surface area contributed by atoms with Gasteiger partial charge in [-0.05, 0) is 35.7 Å². The third-order valence-corrected chi connectivity index (χ3v) is 3.96. The van der Waals surface area contributed by atoms with Gasteiger partial charge in [0.05, 0.1) is 11.9 Å². The molecule has 9 heteroatoms. The summed E-state index contributed by atoms with van der Waals surface area (Å²) in [5.74, 6) is -0.694. The van der Waals surface area contributed by atoms with E-state index in [0.29, 0.717) is 11.1 Å². The van der Waals surface area contributed by atoms with Crippen LogP contribution in [0.25, 0.3) is 11.1 Å². The van der Waals surface area contributed by atoms with Crippen molar-refractivity contribution >= 4 is 11.6 Å². The molecule has 2 aromatic heterocycles. The van der Waals surface area contributed by atoms with Gasteiger partial charge in [-0.2, -0.15) is 18.3 Å². The van der Waals surface area contributed by atoms with Gasteiger partial charge in [0.15, 0.2) is 12.3 Å². The number of nitrogens with one attached hydrogen (secondary N) is 1. The summed E-state index contributed by atoms with van der Waals surface area (Å²) in [6.07, 6.45) is -1.01. The Kier molecular flexibility index (Phi) is 6.06. The van der Waals surface area contributed by atoms with Crippen LogP contribution in [0.4, 0.5) is 18.9 Å². The summed E-state index contributed by atoms with van der Waals surface area (Å²) in [4.78, 5) is 16.2. The molecule has 0 unspecified atom stereocenters. The normalized spacial score (nSPS) is 11.2. The molecule has 0 saturated heterocycles. The third-order valence-electron chi connectivity index (χ3n) is 3.96. The van der Waals surface area contributed by atoms with Gasteiger partial charge in [-0.15, -0.1) is 5.10 Å². The first kappa shape index (κ1) is 20.2. The fourth-order valence-corrected chi connectivity index (χ4v) is 2.53. The number of aromatic nitrogens is 3. The number of anilines is 1. The molecule has 0 radical (unpaired) electrons. The van der Waals surface area contributed by atoms with Crippen LogP contribution in [0.5, 0.6) is 5.88 Å². The number of carbonyl (C=O) groups excluding carboxylic acids is 1. The minimum atomic E-state index is -4.50. The minimum Gasteiger partial charge on any atom is -0.468 e. The summed E-state index contributed by atoms with van der Waals surface area (Å²) in [6.45, 7) is 0.530. The standard InChI is InChI=1S/C20H17F3N4O2/c1-2-13-5-7-14(8-6-13)16-10-15(11-24-19(16)29-12-20(21,22)23)26-18(28)17-4-3-9-25-27-17/h3-11H,2,12H2,1H3,(H,26,28). The third kappa shape index (κ3) is 5.50. The highest BCUT2D eigenvalue weighted by Gasteiger charge is 2.29. The SMILES string of the molecule is CCc1ccc(-c2cc(NC(=O)c3cccnn3)cnc2OCC(F)(F)F)cc1. The van der Waals surface area contributed by atoms with Crippen LogP contribution in [0, 0.1) is 0 Å². The number of pyridine rings is 1. The van der Waals surface area contributed by atoms with E-state index in [4.69, 9.17) is 4.74 Å². The van der Waals surface area contributed by atoms with Crippen LogP contribution >= 0.6 is 0 Å². The lowest BCUT2D eigenvalue weighted by Gasteiger charge is -2.14. The van der Waals surface area contributed by atoms with Crippen LogP contribution in [-0.4, -0.2) is 33.9 Å². The molecule has 0 bridgehead atoms. The lowest BCUT2D eigenvalue weighted by atomic mass is 10.0. The van der Waals surface area contributed by atoms with Crippen molar-refractivity contribution in [1.29, 1.82) is 0 Å². The number of amides is 1.